The fourth-order valence-corrected chi connectivity index (χ4v) is 1.19. The maximum absolute atomic E-state index is 5.68. The largest absolute Gasteiger partial charge is 0.496 e. The molecule has 0 fully saturated rings. The van der Waals surface area contributed by atoms with Crippen LogP contribution in [-0.2, 0) is 0 Å². The molecule has 0 aliphatic rings. The highest BCUT2D eigenvalue weighted by atomic mass is 16.5. The van der Waals surface area contributed by atoms with Crippen molar-refractivity contribution < 1.29 is 4.74 Å². The lowest BCUT2D eigenvalue weighted by atomic mass is 10.1. The van der Waals surface area contributed by atoms with Gasteiger partial charge in [0.25, 0.3) is 0 Å². The zero-order valence-electron chi connectivity index (χ0n) is 7.87. The first kappa shape index (κ1) is 9.98. The topological polar surface area (TPSA) is 73.3 Å². The van der Waals surface area contributed by atoms with E-state index in [0.717, 1.165) is 16.9 Å². The summed E-state index contributed by atoms with van der Waals surface area (Å²) in [5, 5.41) is 0. The van der Waals surface area contributed by atoms with Crippen molar-refractivity contribution in [3.63, 3.8) is 0 Å². The van der Waals surface area contributed by atoms with Gasteiger partial charge in [-0.1, -0.05) is 6.07 Å². The first-order chi connectivity index (χ1) is 6.19. The lowest BCUT2D eigenvalue weighted by Gasteiger charge is -2.12. The minimum Gasteiger partial charge on any atom is -0.496 e. The lowest BCUT2D eigenvalue weighted by molar-refractivity contribution is 0.411. The average molecular weight is 181 g/mol. The van der Waals surface area contributed by atoms with Gasteiger partial charge in [0.1, 0.15) is 5.75 Å². The number of hydrogen-bond acceptors (Lipinski definition) is 4. The number of benzene rings is 1. The molecule has 0 radical (unpaired) electrons. The van der Waals surface area contributed by atoms with Gasteiger partial charge >= 0.3 is 0 Å². The zero-order chi connectivity index (χ0) is 9.84. The van der Waals surface area contributed by atoms with Crippen LogP contribution in [0.15, 0.2) is 18.2 Å². The van der Waals surface area contributed by atoms with Crippen LogP contribution in [0, 0.1) is 6.92 Å². The second-order valence-corrected chi connectivity index (χ2v) is 2.87. The van der Waals surface area contributed by atoms with Crippen LogP contribution in [0.4, 0.5) is 0 Å². The monoisotopic (exact) mass is 181 g/mol. The van der Waals surface area contributed by atoms with Crippen LogP contribution in [0.1, 0.15) is 17.3 Å². The van der Waals surface area contributed by atoms with Gasteiger partial charge in [0.15, 0.2) is 0 Å². The molecule has 1 rings (SSSR count). The summed E-state index contributed by atoms with van der Waals surface area (Å²) >= 11 is 0. The van der Waals surface area contributed by atoms with E-state index in [2.05, 4.69) is 5.43 Å². The summed E-state index contributed by atoms with van der Waals surface area (Å²) in [4.78, 5) is 0. The molecule has 0 saturated heterocycles. The Morgan fingerprint density at radius 1 is 1.46 bits per heavy atom. The highest BCUT2D eigenvalue weighted by Gasteiger charge is 2.05. The summed E-state index contributed by atoms with van der Waals surface area (Å²) in [6.45, 7) is 1.96. The Balaban J connectivity index is 2.95. The summed E-state index contributed by atoms with van der Waals surface area (Å²) in [7, 11) is 1.64. The van der Waals surface area contributed by atoms with Gasteiger partial charge < -0.3 is 10.5 Å². The molecule has 4 heteroatoms. The van der Waals surface area contributed by atoms with Crippen LogP contribution in [-0.4, -0.2) is 7.11 Å². The zero-order valence-corrected chi connectivity index (χ0v) is 7.87. The molecule has 72 valence electrons. The van der Waals surface area contributed by atoms with E-state index in [4.69, 9.17) is 16.3 Å². The van der Waals surface area contributed by atoms with Gasteiger partial charge in [-0.2, -0.15) is 0 Å². The maximum Gasteiger partial charge on any atom is 0.121 e. The second-order valence-electron chi connectivity index (χ2n) is 2.87. The number of nitrogens with two attached hydrogens (primary N) is 2. The van der Waals surface area contributed by atoms with Gasteiger partial charge in [0, 0.05) is 0 Å². The molecule has 4 nitrogen and oxygen atoms in total. The number of nitrogens with one attached hydrogen (secondary N) is 1. The van der Waals surface area contributed by atoms with Gasteiger partial charge in [-0.3, -0.25) is 5.84 Å². The van der Waals surface area contributed by atoms with E-state index in [9.17, 15) is 0 Å². The minimum atomic E-state index is -0.329. The van der Waals surface area contributed by atoms with E-state index >= 15 is 0 Å². The van der Waals surface area contributed by atoms with Gasteiger partial charge in [0.05, 0.1) is 13.3 Å². The molecule has 0 saturated carbocycles. The molecular weight excluding hydrogens is 166 g/mol. The van der Waals surface area contributed by atoms with Crippen LogP contribution >= 0.6 is 0 Å². The molecule has 0 bridgehead atoms. The molecule has 13 heavy (non-hydrogen) atoms. The number of rotatable bonds is 3. The fraction of sp³-hybridized carbons (Fsp3) is 0.333. The number of hydrogen-bond donors (Lipinski definition) is 3. The Morgan fingerprint density at radius 2 is 2.15 bits per heavy atom. The first-order valence-electron chi connectivity index (χ1n) is 4.05. The predicted molar refractivity (Wildman–Crippen MR) is 52.0 cm³/mol. The SMILES string of the molecule is COc1ccc(C(N)NN)cc1C. The number of hydrazine groups is 1. The minimum absolute atomic E-state index is 0.329. The maximum atomic E-state index is 5.68. The summed E-state index contributed by atoms with van der Waals surface area (Å²) in [6, 6.07) is 5.71. The van der Waals surface area contributed by atoms with E-state index in [1.165, 1.54) is 0 Å². The molecule has 1 unspecified atom stereocenters. The van der Waals surface area contributed by atoms with Gasteiger partial charge in [-0.25, -0.2) is 5.43 Å². The van der Waals surface area contributed by atoms with Crippen molar-refractivity contribution in [2.45, 2.75) is 13.1 Å². The highest BCUT2D eigenvalue weighted by Crippen LogP contribution is 2.20. The Labute approximate surface area is 77.8 Å². The third kappa shape index (κ3) is 2.18. The van der Waals surface area contributed by atoms with Crippen molar-refractivity contribution >= 4 is 0 Å². The Hall–Kier alpha value is -1.10. The molecule has 5 N–H and O–H groups in total. The van der Waals surface area contributed by atoms with Crippen LogP contribution in [0.3, 0.4) is 0 Å². The quantitative estimate of drug-likeness (QED) is 0.359. The number of aryl methyl sites for hydroxylation is 1. The Kier molecular flexibility index (Phi) is 3.25. The Morgan fingerprint density at radius 3 is 2.62 bits per heavy atom. The van der Waals surface area contributed by atoms with Crippen LogP contribution < -0.4 is 21.7 Å². The van der Waals surface area contributed by atoms with Crippen molar-refractivity contribution in [1.82, 2.24) is 5.43 Å². The number of ether oxygens (including phenoxy) is 1. The summed E-state index contributed by atoms with van der Waals surface area (Å²) < 4.78 is 5.12. The van der Waals surface area contributed by atoms with Crippen molar-refractivity contribution in [3.8, 4) is 5.75 Å². The van der Waals surface area contributed by atoms with Gasteiger partial charge in [0.2, 0.25) is 0 Å². The molecule has 0 aromatic heterocycles. The van der Waals surface area contributed by atoms with E-state index in [1.54, 1.807) is 7.11 Å². The molecule has 0 amide bonds. The molecule has 1 atom stereocenters. The van der Waals surface area contributed by atoms with E-state index in [0.29, 0.717) is 0 Å². The van der Waals surface area contributed by atoms with Crippen LogP contribution in [0.25, 0.3) is 0 Å². The van der Waals surface area contributed by atoms with Crippen molar-refractivity contribution in [1.29, 1.82) is 0 Å². The third-order valence-corrected chi connectivity index (χ3v) is 1.96. The normalized spacial score (nSPS) is 12.6. The number of methoxy groups -OCH3 is 1. The average Bonchev–Trinajstić information content (AvgIpc) is 2.16. The second kappa shape index (κ2) is 4.23. The van der Waals surface area contributed by atoms with Gasteiger partial charge in [-0.15, -0.1) is 0 Å². The van der Waals surface area contributed by atoms with Crippen molar-refractivity contribution in [2.24, 2.45) is 11.6 Å². The molecule has 1 aromatic carbocycles. The van der Waals surface area contributed by atoms with Crippen LogP contribution in [0.5, 0.6) is 5.75 Å². The highest BCUT2D eigenvalue weighted by molar-refractivity contribution is 5.37. The molecule has 0 heterocycles. The van der Waals surface area contributed by atoms with Crippen molar-refractivity contribution in [3.05, 3.63) is 29.3 Å². The summed E-state index contributed by atoms with van der Waals surface area (Å²) in [5.41, 5.74) is 10.2. The molecule has 0 aliphatic carbocycles. The Bertz CT molecular complexity index is 288. The van der Waals surface area contributed by atoms with E-state index < -0.39 is 0 Å². The fourth-order valence-electron chi connectivity index (χ4n) is 1.19. The smallest absolute Gasteiger partial charge is 0.121 e. The van der Waals surface area contributed by atoms with Gasteiger partial charge in [-0.05, 0) is 30.2 Å². The van der Waals surface area contributed by atoms with Crippen LogP contribution in [0.2, 0.25) is 0 Å². The molecule has 0 aliphatic heterocycles. The third-order valence-electron chi connectivity index (χ3n) is 1.96. The lowest BCUT2D eigenvalue weighted by Crippen LogP contribution is -2.34. The van der Waals surface area contributed by atoms with E-state index in [1.807, 2.05) is 25.1 Å². The first-order valence-corrected chi connectivity index (χ1v) is 4.05. The standard InChI is InChI=1S/C9H15N3O/c1-6-5-7(9(10)12-11)3-4-8(6)13-2/h3-5,9,12H,10-11H2,1-2H3. The van der Waals surface area contributed by atoms with E-state index in [-0.39, 0.29) is 6.17 Å². The van der Waals surface area contributed by atoms with Crippen molar-refractivity contribution in [2.75, 3.05) is 7.11 Å². The predicted octanol–water partition coefficient (Wildman–Crippen LogP) is 0.424. The molecule has 0 spiro atoms. The summed E-state index contributed by atoms with van der Waals surface area (Å²) in [6.07, 6.45) is -0.329. The molecular formula is C9H15N3O. The molecule has 1 aromatic rings. The summed E-state index contributed by atoms with van der Waals surface area (Å²) in [5.74, 6) is 6.07.